The first kappa shape index (κ1) is 13.6. The second kappa shape index (κ2) is 5.87. The first-order valence-corrected chi connectivity index (χ1v) is 6.33. The second-order valence-corrected chi connectivity index (χ2v) is 4.77. The smallest absolute Gasteiger partial charge is 0.245 e. The van der Waals surface area contributed by atoms with Crippen LogP contribution in [0.25, 0.3) is 0 Å². The molecule has 0 heterocycles. The number of halogens is 1. The van der Waals surface area contributed by atoms with Gasteiger partial charge >= 0.3 is 0 Å². The molecule has 0 aromatic heterocycles. The molecule has 2 aromatic rings. The fraction of sp³-hybridized carbons (Fsp3) is 0.133. The normalized spacial score (nSPS) is 11.9. The molecule has 0 aliphatic carbocycles. The Kier molecular flexibility index (Phi) is 4.20. The van der Waals surface area contributed by atoms with Crippen molar-refractivity contribution in [2.24, 2.45) is 5.73 Å². The molecule has 2 rings (SSSR count). The highest BCUT2D eigenvalue weighted by atomic mass is 35.5. The van der Waals surface area contributed by atoms with Crippen molar-refractivity contribution in [2.75, 3.05) is 5.32 Å². The summed E-state index contributed by atoms with van der Waals surface area (Å²) in [5.41, 5.74) is 8.33. The highest BCUT2D eigenvalue weighted by molar-refractivity contribution is 6.31. The first-order valence-electron chi connectivity index (χ1n) is 5.95. The van der Waals surface area contributed by atoms with E-state index in [2.05, 4.69) is 5.32 Å². The molecule has 0 saturated heterocycles. The van der Waals surface area contributed by atoms with Crippen molar-refractivity contribution >= 4 is 23.2 Å². The van der Waals surface area contributed by atoms with Crippen LogP contribution in [-0.4, -0.2) is 5.91 Å². The average Bonchev–Trinajstić information content (AvgIpc) is 2.43. The maximum Gasteiger partial charge on any atom is 0.245 e. The minimum atomic E-state index is -0.695. The van der Waals surface area contributed by atoms with E-state index >= 15 is 0 Å². The van der Waals surface area contributed by atoms with Crippen LogP contribution in [0.4, 0.5) is 5.69 Å². The fourth-order valence-corrected chi connectivity index (χ4v) is 1.92. The third-order valence-corrected chi connectivity index (χ3v) is 3.13. The number of nitrogens with one attached hydrogen (secondary N) is 1. The number of anilines is 1. The fourth-order valence-electron chi connectivity index (χ4n) is 1.75. The SMILES string of the molecule is Cc1ccc(Cl)cc1NC(=O)C(N)c1ccccc1. The van der Waals surface area contributed by atoms with Crippen LogP contribution < -0.4 is 11.1 Å². The molecular weight excluding hydrogens is 260 g/mol. The van der Waals surface area contributed by atoms with E-state index in [9.17, 15) is 4.79 Å². The third-order valence-electron chi connectivity index (χ3n) is 2.90. The predicted octanol–water partition coefficient (Wildman–Crippen LogP) is 3.29. The summed E-state index contributed by atoms with van der Waals surface area (Å²) >= 11 is 5.91. The average molecular weight is 275 g/mol. The molecular formula is C15H15ClN2O. The first-order chi connectivity index (χ1) is 9.08. The minimum Gasteiger partial charge on any atom is -0.324 e. The van der Waals surface area contributed by atoms with Gasteiger partial charge in [-0.15, -0.1) is 0 Å². The maximum atomic E-state index is 12.1. The van der Waals surface area contributed by atoms with Crippen molar-refractivity contribution in [2.45, 2.75) is 13.0 Å². The Labute approximate surface area is 117 Å². The summed E-state index contributed by atoms with van der Waals surface area (Å²) in [5, 5.41) is 3.38. The Hall–Kier alpha value is -1.84. The van der Waals surface area contributed by atoms with Crippen LogP contribution in [0, 0.1) is 6.92 Å². The molecule has 1 amide bonds. The lowest BCUT2D eigenvalue weighted by Crippen LogP contribution is -2.27. The number of carbonyl (C=O) groups excluding carboxylic acids is 1. The van der Waals surface area contributed by atoms with Gasteiger partial charge in [-0.2, -0.15) is 0 Å². The van der Waals surface area contributed by atoms with Gasteiger partial charge in [-0.25, -0.2) is 0 Å². The lowest BCUT2D eigenvalue weighted by atomic mass is 10.1. The van der Waals surface area contributed by atoms with Gasteiger partial charge in [0.1, 0.15) is 6.04 Å². The zero-order valence-electron chi connectivity index (χ0n) is 10.6. The minimum absolute atomic E-state index is 0.253. The van der Waals surface area contributed by atoms with E-state index < -0.39 is 6.04 Å². The van der Waals surface area contributed by atoms with Crippen LogP contribution in [0.5, 0.6) is 0 Å². The van der Waals surface area contributed by atoms with Gasteiger partial charge in [0.25, 0.3) is 0 Å². The molecule has 0 bridgehead atoms. The lowest BCUT2D eigenvalue weighted by Gasteiger charge is -2.14. The van der Waals surface area contributed by atoms with Gasteiger partial charge in [-0.1, -0.05) is 48.0 Å². The molecule has 3 N–H and O–H groups in total. The van der Waals surface area contributed by atoms with Crippen molar-refractivity contribution in [3.8, 4) is 0 Å². The van der Waals surface area contributed by atoms with E-state index in [-0.39, 0.29) is 5.91 Å². The van der Waals surface area contributed by atoms with Crippen molar-refractivity contribution in [3.05, 3.63) is 64.7 Å². The molecule has 3 nitrogen and oxygen atoms in total. The number of amides is 1. The van der Waals surface area contributed by atoms with Crippen LogP contribution in [0.2, 0.25) is 5.02 Å². The van der Waals surface area contributed by atoms with Gasteiger partial charge < -0.3 is 11.1 Å². The summed E-state index contributed by atoms with van der Waals surface area (Å²) in [6, 6.07) is 13.9. The van der Waals surface area contributed by atoms with Crippen molar-refractivity contribution < 1.29 is 4.79 Å². The molecule has 2 aromatic carbocycles. The predicted molar refractivity (Wildman–Crippen MR) is 78.2 cm³/mol. The highest BCUT2D eigenvalue weighted by Gasteiger charge is 2.16. The molecule has 0 aliphatic rings. The lowest BCUT2D eigenvalue weighted by molar-refractivity contribution is -0.117. The maximum absolute atomic E-state index is 12.1. The van der Waals surface area contributed by atoms with E-state index in [1.165, 1.54) is 0 Å². The number of hydrogen-bond donors (Lipinski definition) is 2. The largest absolute Gasteiger partial charge is 0.324 e. The second-order valence-electron chi connectivity index (χ2n) is 4.34. The van der Waals surface area contributed by atoms with Crippen molar-refractivity contribution in [3.63, 3.8) is 0 Å². The Bertz CT molecular complexity index is 584. The number of benzene rings is 2. The molecule has 0 spiro atoms. The molecule has 1 unspecified atom stereocenters. The number of aryl methyl sites for hydroxylation is 1. The summed E-state index contributed by atoms with van der Waals surface area (Å²) in [5.74, 6) is -0.253. The van der Waals surface area contributed by atoms with Crippen LogP contribution >= 0.6 is 11.6 Å². The highest BCUT2D eigenvalue weighted by Crippen LogP contribution is 2.21. The molecule has 19 heavy (non-hydrogen) atoms. The summed E-state index contributed by atoms with van der Waals surface area (Å²) < 4.78 is 0. The van der Waals surface area contributed by atoms with Crippen LogP contribution in [0.15, 0.2) is 48.5 Å². The van der Waals surface area contributed by atoms with Gasteiger partial charge in [0, 0.05) is 10.7 Å². The molecule has 1 atom stereocenters. The number of rotatable bonds is 3. The van der Waals surface area contributed by atoms with E-state index in [1.54, 1.807) is 12.1 Å². The molecule has 0 aliphatic heterocycles. The van der Waals surface area contributed by atoms with Gasteiger partial charge in [-0.05, 0) is 30.2 Å². The van der Waals surface area contributed by atoms with Crippen molar-refractivity contribution in [1.29, 1.82) is 0 Å². The topological polar surface area (TPSA) is 55.1 Å². The Balaban J connectivity index is 2.15. The number of hydrogen-bond acceptors (Lipinski definition) is 2. The molecule has 0 saturated carbocycles. The monoisotopic (exact) mass is 274 g/mol. The summed E-state index contributed by atoms with van der Waals surface area (Å²) in [6.07, 6.45) is 0. The molecule has 0 radical (unpaired) electrons. The zero-order valence-corrected chi connectivity index (χ0v) is 11.3. The standard InChI is InChI=1S/C15H15ClN2O/c1-10-7-8-12(16)9-13(10)18-15(19)14(17)11-5-3-2-4-6-11/h2-9,14H,17H2,1H3,(H,18,19). The molecule has 4 heteroatoms. The molecule has 98 valence electrons. The summed E-state index contributed by atoms with van der Waals surface area (Å²) in [6.45, 7) is 1.90. The number of carbonyl (C=O) groups is 1. The van der Waals surface area contributed by atoms with Gasteiger partial charge in [0.15, 0.2) is 0 Å². The van der Waals surface area contributed by atoms with Crippen LogP contribution in [0.1, 0.15) is 17.2 Å². The molecule has 0 fully saturated rings. The van der Waals surface area contributed by atoms with E-state index in [0.717, 1.165) is 11.1 Å². The Morgan fingerprint density at radius 1 is 1.21 bits per heavy atom. The summed E-state index contributed by atoms with van der Waals surface area (Å²) in [7, 11) is 0. The number of nitrogens with two attached hydrogens (primary N) is 1. The van der Waals surface area contributed by atoms with Crippen molar-refractivity contribution in [1.82, 2.24) is 0 Å². The van der Waals surface area contributed by atoms with Gasteiger partial charge in [0.2, 0.25) is 5.91 Å². The zero-order chi connectivity index (χ0) is 13.8. The van der Waals surface area contributed by atoms with Crippen LogP contribution in [0.3, 0.4) is 0 Å². The van der Waals surface area contributed by atoms with E-state index in [1.807, 2.05) is 43.3 Å². The van der Waals surface area contributed by atoms with Gasteiger partial charge in [0.05, 0.1) is 0 Å². The van der Waals surface area contributed by atoms with E-state index in [4.69, 9.17) is 17.3 Å². The third kappa shape index (κ3) is 3.34. The van der Waals surface area contributed by atoms with Crippen LogP contribution in [-0.2, 0) is 4.79 Å². The quantitative estimate of drug-likeness (QED) is 0.902. The Morgan fingerprint density at radius 3 is 2.58 bits per heavy atom. The Morgan fingerprint density at radius 2 is 1.89 bits per heavy atom. The van der Waals surface area contributed by atoms with E-state index in [0.29, 0.717) is 10.7 Å². The van der Waals surface area contributed by atoms with Gasteiger partial charge in [-0.3, -0.25) is 4.79 Å². The summed E-state index contributed by atoms with van der Waals surface area (Å²) in [4.78, 5) is 12.1.